The molecule has 0 radical (unpaired) electrons. The number of nitrogens with one attached hydrogen (secondary N) is 2. The van der Waals surface area contributed by atoms with Gasteiger partial charge in [-0.05, 0) is 42.8 Å². The third-order valence-corrected chi connectivity index (χ3v) is 6.28. The minimum absolute atomic E-state index is 0.309. The molecule has 2 N–H and O–H groups in total. The summed E-state index contributed by atoms with van der Waals surface area (Å²) in [5, 5.41) is 16.0. The highest BCUT2D eigenvalue weighted by molar-refractivity contribution is 5.96. The molecule has 35 heavy (non-hydrogen) atoms. The number of halogens is 2. The van der Waals surface area contributed by atoms with Gasteiger partial charge >= 0.3 is 5.69 Å². The van der Waals surface area contributed by atoms with Gasteiger partial charge in [0.25, 0.3) is 0 Å². The van der Waals surface area contributed by atoms with E-state index in [-0.39, 0.29) is 0 Å². The van der Waals surface area contributed by atoms with Crippen LogP contribution < -0.4 is 5.69 Å². The highest BCUT2D eigenvalue weighted by Crippen LogP contribution is 2.33. The lowest BCUT2D eigenvalue weighted by molar-refractivity contribution is 0.577. The molecule has 3 aromatic heterocycles. The summed E-state index contributed by atoms with van der Waals surface area (Å²) >= 11 is 0. The molecule has 0 aliphatic carbocycles. The van der Waals surface area contributed by atoms with Crippen molar-refractivity contribution in [2.45, 2.75) is 19.4 Å². The number of aromatic nitrogens is 5. The number of rotatable bonds is 6. The number of fused-ring (bicyclic) bond motifs is 2. The summed E-state index contributed by atoms with van der Waals surface area (Å²) < 4.78 is 33.6. The van der Waals surface area contributed by atoms with Gasteiger partial charge in [0.1, 0.15) is 11.6 Å². The van der Waals surface area contributed by atoms with Gasteiger partial charge in [0, 0.05) is 68.4 Å². The van der Waals surface area contributed by atoms with Crippen LogP contribution in [0.2, 0.25) is 0 Å². The molecule has 3 heterocycles. The summed E-state index contributed by atoms with van der Waals surface area (Å²) in [5.41, 5.74) is 2.13. The summed E-state index contributed by atoms with van der Waals surface area (Å²) in [5.74, 6) is 0.0146. The summed E-state index contributed by atoms with van der Waals surface area (Å²) in [4.78, 5) is 14.7. The predicted molar refractivity (Wildman–Crippen MR) is 132 cm³/mol. The van der Waals surface area contributed by atoms with Crippen molar-refractivity contribution >= 4 is 27.6 Å². The fourth-order valence-electron chi connectivity index (χ4n) is 4.50. The Hall–Kier alpha value is -4.21. The molecular weight excluding hydrogens is 452 g/mol. The third-order valence-electron chi connectivity index (χ3n) is 6.28. The van der Waals surface area contributed by atoms with Crippen LogP contribution in [0.25, 0.3) is 38.9 Å². The number of hydrogen-bond acceptors (Lipinski definition) is 3. The third kappa shape index (κ3) is 3.90. The van der Waals surface area contributed by atoms with Crippen molar-refractivity contribution < 1.29 is 8.78 Å². The first-order chi connectivity index (χ1) is 16.7. The normalized spacial score (nSPS) is 11.6. The number of amidine groups is 1. The van der Waals surface area contributed by atoms with Gasteiger partial charge in [0.2, 0.25) is 0 Å². The molecule has 0 spiro atoms. The average molecular weight is 478 g/mol. The molecule has 0 unspecified atom stereocenters. The Morgan fingerprint density at radius 2 is 1.74 bits per heavy atom. The van der Waals surface area contributed by atoms with Crippen LogP contribution in [0, 0.1) is 17.0 Å². The van der Waals surface area contributed by atoms with E-state index in [1.54, 1.807) is 29.4 Å². The molecule has 0 saturated heterocycles. The second-order valence-corrected chi connectivity index (χ2v) is 8.82. The molecule has 0 bridgehead atoms. The van der Waals surface area contributed by atoms with Crippen molar-refractivity contribution in [1.82, 2.24) is 28.8 Å². The van der Waals surface area contributed by atoms with Crippen molar-refractivity contribution in [3.63, 3.8) is 0 Å². The molecule has 0 aliphatic rings. The first-order valence-electron chi connectivity index (χ1n) is 11.2. The van der Waals surface area contributed by atoms with E-state index in [1.807, 2.05) is 30.3 Å². The van der Waals surface area contributed by atoms with E-state index in [2.05, 4.69) is 10.2 Å². The minimum Gasteiger partial charge on any atom is -0.367 e. The van der Waals surface area contributed by atoms with Crippen molar-refractivity contribution in [2.75, 3.05) is 14.1 Å². The van der Waals surface area contributed by atoms with Crippen molar-refractivity contribution in [1.29, 1.82) is 5.41 Å². The zero-order valence-corrected chi connectivity index (χ0v) is 19.6. The molecule has 5 rings (SSSR count). The van der Waals surface area contributed by atoms with Crippen LogP contribution >= 0.6 is 0 Å². The predicted octanol–water partition coefficient (Wildman–Crippen LogP) is 4.27. The fraction of sp³-hybridized carbons (Fsp3) is 0.240. The van der Waals surface area contributed by atoms with Gasteiger partial charge in [-0.2, -0.15) is 5.10 Å². The van der Waals surface area contributed by atoms with Crippen LogP contribution in [0.15, 0.2) is 53.6 Å². The highest BCUT2D eigenvalue weighted by atomic mass is 19.1. The van der Waals surface area contributed by atoms with E-state index in [4.69, 9.17) is 5.41 Å². The maximum atomic E-state index is 14.3. The van der Waals surface area contributed by atoms with Crippen LogP contribution in [0.3, 0.4) is 0 Å². The van der Waals surface area contributed by atoms with Crippen molar-refractivity contribution in [3.05, 3.63) is 70.9 Å². The molecule has 0 amide bonds. The summed E-state index contributed by atoms with van der Waals surface area (Å²) in [6.45, 7) is 0.583. The van der Waals surface area contributed by atoms with E-state index in [9.17, 15) is 13.6 Å². The summed E-state index contributed by atoms with van der Waals surface area (Å²) in [7, 11) is 5.51. The molecule has 0 atom stereocenters. The van der Waals surface area contributed by atoms with Gasteiger partial charge < -0.3 is 14.0 Å². The van der Waals surface area contributed by atoms with E-state index >= 15 is 0 Å². The van der Waals surface area contributed by atoms with Crippen LogP contribution in [0.5, 0.6) is 0 Å². The fourth-order valence-corrected chi connectivity index (χ4v) is 4.50. The lowest BCUT2D eigenvalue weighted by Crippen LogP contribution is -2.20. The maximum Gasteiger partial charge on any atom is 0.348 e. The van der Waals surface area contributed by atoms with Gasteiger partial charge in [-0.1, -0.05) is 0 Å². The lowest BCUT2D eigenvalue weighted by Gasteiger charge is -2.13. The molecule has 5 aromatic rings. The van der Waals surface area contributed by atoms with Gasteiger partial charge in [-0.15, -0.1) is 0 Å². The quantitative estimate of drug-likeness (QED) is 0.283. The summed E-state index contributed by atoms with van der Waals surface area (Å²) in [6, 6.07) is 8.94. The number of hydrogen-bond donors (Lipinski definition) is 2. The maximum absolute atomic E-state index is 14.3. The molecule has 8 nitrogen and oxygen atoms in total. The topological polar surface area (TPSA) is 87.6 Å². The molecule has 0 aliphatic heterocycles. The monoisotopic (exact) mass is 477 g/mol. The van der Waals surface area contributed by atoms with E-state index in [0.717, 1.165) is 11.0 Å². The number of benzene rings is 2. The smallest absolute Gasteiger partial charge is 0.348 e. The van der Waals surface area contributed by atoms with Crippen LogP contribution in [0.4, 0.5) is 8.78 Å². The molecule has 10 heteroatoms. The Morgan fingerprint density at radius 3 is 2.46 bits per heavy atom. The summed E-state index contributed by atoms with van der Waals surface area (Å²) in [6.07, 6.45) is 4.88. The Labute approximate surface area is 199 Å². The Balaban J connectivity index is 1.66. The Morgan fingerprint density at radius 1 is 1.06 bits per heavy atom. The van der Waals surface area contributed by atoms with Gasteiger partial charge in [-0.25, -0.2) is 23.2 Å². The van der Waals surface area contributed by atoms with E-state index < -0.39 is 17.3 Å². The molecule has 0 saturated carbocycles. The van der Waals surface area contributed by atoms with Gasteiger partial charge in [-0.3, -0.25) is 5.41 Å². The lowest BCUT2D eigenvalue weighted by atomic mass is 10.1. The zero-order valence-electron chi connectivity index (χ0n) is 19.6. The number of aryl methyl sites for hydroxylation is 2. The number of H-pyrrole nitrogens is 1. The average Bonchev–Trinajstić information content (AvgIpc) is 3.46. The van der Waals surface area contributed by atoms with Gasteiger partial charge in [0.05, 0.1) is 17.0 Å². The van der Waals surface area contributed by atoms with E-state index in [1.165, 1.54) is 28.8 Å². The SMILES string of the molecule is CN(C)C(=N)CCCn1cc(-n2c(-c3cn(C)c4ccc(F)cc34)n[nH]c2=O)c2cc(F)ccc21. The highest BCUT2D eigenvalue weighted by Gasteiger charge is 2.21. The second kappa shape index (κ2) is 8.53. The van der Waals surface area contributed by atoms with Gasteiger partial charge in [0.15, 0.2) is 5.82 Å². The second-order valence-electron chi connectivity index (χ2n) is 8.82. The Bertz CT molecular complexity index is 1640. The first-order valence-corrected chi connectivity index (χ1v) is 11.2. The molecular formula is C25H25F2N7O. The Kier molecular flexibility index (Phi) is 5.50. The van der Waals surface area contributed by atoms with Crippen LogP contribution in [-0.4, -0.2) is 48.7 Å². The van der Waals surface area contributed by atoms with E-state index in [0.29, 0.717) is 53.1 Å². The minimum atomic E-state index is -0.480. The van der Waals surface area contributed by atoms with Crippen molar-refractivity contribution in [3.8, 4) is 17.1 Å². The standard InChI is InChI=1S/C25H25F2N7O/c1-31(2)23(28)5-4-10-33-14-22(18-12-16(27)7-9-21(18)33)34-24(29-30-25(34)35)19-13-32(3)20-8-6-15(26)11-17(19)20/h6-9,11-14,28H,4-5,10H2,1-3H3,(H,30,35). The van der Waals surface area contributed by atoms with Crippen molar-refractivity contribution in [2.24, 2.45) is 7.05 Å². The number of nitrogens with zero attached hydrogens (tertiary/aromatic N) is 5. The zero-order chi connectivity index (χ0) is 24.9. The van der Waals surface area contributed by atoms with Crippen LogP contribution in [-0.2, 0) is 13.6 Å². The number of aromatic amines is 1. The molecule has 180 valence electrons. The molecule has 0 fully saturated rings. The largest absolute Gasteiger partial charge is 0.367 e. The van der Waals surface area contributed by atoms with Crippen LogP contribution in [0.1, 0.15) is 12.8 Å². The molecule has 2 aromatic carbocycles. The first kappa shape index (κ1) is 22.6.